The summed E-state index contributed by atoms with van der Waals surface area (Å²) in [7, 11) is 0. The summed E-state index contributed by atoms with van der Waals surface area (Å²) < 4.78 is 1.90. The van der Waals surface area contributed by atoms with Crippen LogP contribution in [0.25, 0.3) is 0 Å². The number of nitrogens with zero attached hydrogens (tertiary/aromatic N) is 5. The fourth-order valence-electron chi connectivity index (χ4n) is 2.83. The number of aromatic nitrogens is 3. The third-order valence-electron chi connectivity index (χ3n) is 3.81. The van der Waals surface area contributed by atoms with Crippen molar-refractivity contribution in [2.45, 2.75) is 32.0 Å². The fraction of sp³-hybridized carbons (Fsp3) is 0.400. The van der Waals surface area contributed by atoms with Crippen LogP contribution in [0, 0.1) is 11.3 Å². The molecule has 1 aromatic carbocycles. The van der Waals surface area contributed by atoms with E-state index in [-0.39, 0.29) is 0 Å². The van der Waals surface area contributed by atoms with Crippen LogP contribution in [0.4, 0.5) is 0 Å². The van der Waals surface area contributed by atoms with Crippen molar-refractivity contribution in [2.75, 3.05) is 6.54 Å². The predicted octanol–water partition coefficient (Wildman–Crippen LogP) is 1.81. The van der Waals surface area contributed by atoms with Gasteiger partial charge in [0, 0.05) is 12.6 Å². The average Bonchev–Trinajstić information content (AvgIpc) is 3.12. The highest BCUT2D eigenvalue weighted by Gasteiger charge is 2.25. The van der Waals surface area contributed by atoms with Crippen molar-refractivity contribution in [3.05, 3.63) is 48.0 Å². The minimum Gasteiger partial charge on any atom is -0.294 e. The number of rotatable bonds is 4. The lowest BCUT2D eigenvalue weighted by atomic mass is 10.1. The molecular weight excluding hydrogens is 250 g/mol. The second kappa shape index (κ2) is 5.85. The highest BCUT2D eigenvalue weighted by atomic mass is 15.3. The van der Waals surface area contributed by atoms with Crippen LogP contribution in [0.2, 0.25) is 0 Å². The molecule has 1 unspecified atom stereocenters. The largest absolute Gasteiger partial charge is 0.294 e. The van der Waals surface area contributed by atoms with E-state index in [0.717, 1.165) is 25.2 Å². The van der Waals surface area contributed by atoms with Gasteiger partial charge in [0.05, 0.1) is 18.2 Å². The van der Waals surface area contributed by atoms with Crippen molar-refractivity contribution in [1.82, 2.24) is 19.7 Å². The molecule has 1 fully saturated rings. The molecule has 1 atom stereocenters. The Bertz CT molecular complexity index is 599. The first kappa shape index (κ1) is 12.8. The Morgan fingerprint density at radius 1 is 1.40 bits per heavy atom. The zero-order valence-electron chi connectivity index (χ0n) is 11.3. The van der Waals surface area contributed by atoms with E-state index in [4.69, 9.17) is 5.26 Å². The van der Waals surface area contributed by atoms with E-state index < -0.39 is 0 Å². The summed E-state index contributed by atoms with van der Waals surface area (Å²) in [4.78, 5) is 6.46. The maximum atomic E-state index is 8.96. The van der Waals surface area contributed by atoms with Crippen LogP contribution in [0.15, 0.2) is 36.9 Å². The molecule has 5 nitrogen and oxygen atoms in total. The molecule has 1 aromatic heterocycles. The summed E-state index contributed by atoms with van der Waals surface area (Å²) in [6.45, 7) is 2.89. The first-order valence-electron chi connectivity index (χ1n) is 6.90. The van der Waals surface area contributed by atoms with Gasteiger partial charge >= 0.3 is 0 Å². The average molecular weight is 267 g/mol. The zero-order chi connectivity index (χ0) is 13.8. The molecule has 3 rings (SSSR count). The number of benzene rings is 1. The normalized spacial score (nSPS) is 19.1. The third kappa shape index (κ3) is 2.86. The second-order valence-electron chi connectivity index (χ2n) is 5.20. The minimum atomic E-state index is 0.502. The van der Waals surface area contributed by atoms with Crippen LogP contribution in [0.1, 0.15) is 24.0 Å². The molecule has 1 aliphatic heterocycles. The molecule has 1 saturated heterocycles. The van der Waals surface area contributed by atoms with Crippen molar-refractivity contribution in [2.24, 2.45) is 0 Å². The molecule has 2 heterocycles. The summed E-state index contributed by atoms with van der Waals surface area (Å²) in [5.41, 5.74) is 1.93. The van der Waals surface area contributed by atoms with Crippen LogP contribution in [-0.4, -0.2) is 32.3 Å². The molecule has 0 spiro atoms. The first-order chi connectivity index (χ1) is 9.85. The Morgan fingerprint density at radius 3 is 3.15 bits per heavy atom. The number of nitriles is 1. The van der Waals surface area contributed by atoms with Gasteiger partial charge in [-0.25, -0.2) is 4.98 Å². The standard InChI is InChI=1S/C15H17N5/c16-8-13-3-1-4-14(7-13)9-19-6-2-5-15(19)10-20-12-17-11-18-20/h1,3-4,7,11-12,15H,2,5-6,9-10H2. The van der Waals surface area contributed by atoms with Gasteiger partial charge in [-0.2, -0.15) is 10.4 Å². The highest BCUT2D eigenvalue weighted by molar-refractivity contribution is 5.32. The smallest absolute Gasteiger partial charge is 0.137 e. The second-order valence-corrected chi connectivity index (χ2v) is 5.20. The summed E-state index contributed by atoms with van der Waals surface area (Å²) in [6, 6.07) is 10.6. The Kier molecular flexibility index (Phi) is 3.75. The van der Waals surface area contributed by atoms with Crippen LogP contribution in [-0.2, 0) is 13.1 Å². The zero-order valence-corrected chi connectivity index (χ0v) is 11.3. The topological polar surface area (TPSA) is 57.7 Å². The molecule has 0 radical (unpaired) electrons. The van der Waals surface area contributed by atoms with Crippen molar-refractivity contribution in [1.29, 1.82) is 5.26 Å². The van der Waals surface area contributed by atoms with Crippen LogP contribution >= 0.6 is 0 Å². The van der Waals surface area contributed by atoms with Gasteiger partial charge in [-0.3, -0.25) is 9.58 Å². The predicted molar refractivity (Wildman–Crippen MR) is 74.6 cm³/mol. The Labute approximate surface area is 118 Å². The van der Waals surface area contributed by atoms with Gasteiger partial charge in [0.1, 0.15) is 12.7 Å². The molecule has 102 valence electrons. The molecule has 5 heteroatoms. The lowest BCUT2D eigenvalue weighted by Gasteiger charge is -2.24. The van der Waals surface area contributed by atoms with Gasteiger partial charge in [-0.05, 0) is 37.1 Å². The summed E-state index contributed by atoms with van der Waals surface area (Å²) in [6.07, 6.45) is 5.76. The summed E-state index contributed by atoms with van der Waals surface area (Å²) in [5, 5.41) is 13.1. The highest BCUT2D eigenvalue weighted by Crippen LogP contribution is 2.21. The van der Waals surface area contributed by atoms with Crippen molar-refractivity contribution in [3.63, 3.8) is 0 Å². The minimum absolute atomic E-state index is 0.502. The van der Waals surface area contributed by atoms with E-state index in [1.807, 2.05) is 22.9 Å². The molecule has 1 aliphatic rings. The van der Waals surface area contributed by atoms with Gasteiger partial charge in [-0.1, -0.05) is 12.1 Å². The van der Waals surface area contributed by atoms with Crippen LogP contribution < -0.4 is 0 Å². The number of hydrogen-bond acceptors (Lipinski definition) is 4. The maximum absolute atomic E-state index is 8.96. The molecule has 0 N–H and O–H groups in total. The lowest BCUT2D eigenvalue weighted by molar-refractivity contribution is 0.219. The van der Waals surface area contributed by atoms with E-state index >= 15 is 0 Å². The Balaban J connectivity index is 1.68. The summed E-state index contributed by atoms with van der Waals surface area (Å²) >= 11 is 0. The molecular formula is C15H17N5. The van der Waals surface area contributed by atoms with E-state index in [1.54, 1.807) is 12.7 Å². The fourth-order valence-corrected chi connectivity index (χ4v) is 2.83. The monoisotopic (exact) mass is 267 g/mol. The molecule has 0 saturated carbocycles. The quantitative estimate of drug-likeness (QED) is 0.847. The Morgan fingerprint density at radius 2 is 2.35 bits per heavy atom. The van der Waals surface area contributed by atoms with Gasteiger partial charge in [-0.15, -0.1) is 0 Å². The third-order valence-corrected chi connectivity index (χ3v) is 3.81. The van der Waals surface area contributed by atoms with E-state index in [0.29, 0.717) is 6.04 Å². The van der Waals surface area contributed by atoms with Crippen LogP contribution in [0.5, 0.6) is 0 Å². The Hall–Kier alpha value is -2.19. The van der Waals surface area contributed by atoms with Crippen molar-refractivity contribution < 1.29 is 0 Å². The molecule has 0 amide bonds. The van der Waals surface area contributed by atoms with Gasteiger partial charge in [0.25, 0.3) is 0 Å². The first-order valence-corrected chi connectivity index (χ1v) is 6.90. The SMILES string of the molecule is N#Cc1cccc(CN2CCCC2Cn2cncn2)c1. The number of likely N-dealkylation sites (tertiary alicyclic amines) is 1. The molecule has 0 bridgehead atoms. The number of hydrogen-bond donors (Lipinski definition) is 0. The van der Waals surface area contributed by atoms with Crippen molar-refractivity contribution in [3.8, 4) is 6.07 Å². The van der Waals surface area contributed by atoms with Gasteiger partial charge in [0.15, 0.2) is 0 Å². The van der Waals surface area contributed by atoms with E-state index in [2.05, 4.69) is 27.1 Å². The van der Waals surface area contributed by atoms with E-state index in [9.17, 15) is 0 Å². The molecule has 20 heavy (non-hydrogen) atoms. The maximum Gasteiger partial charge on any atom is 0.137 e. The molecule has 2 aromatic rings. The van der Waals surface area contributed by atoms with Crippen LogP contribution in [0.3, 0.4) is 0 Å². The van der Waals surface area contributed by atoms with Gasteiger partial charge in [0.2, 0.25) is 0 Å². The van der Waals surface area contributed by atoms with E-state index in [1.165, 1.54) is 18.4 Å². The molecule has 0 aliphatic carbocycles. The van der Waals surface area contributed by atoms with Crippen molar-refractivity contribution >= 4 is 0 Å². The lowest BCUT2D eigenvalue weighted by Crippen LogP contribution is -2.32. The van der Waals surface area contributed by atoms with Gasteiger partial charge < -0.3 is 0 Å². The summed E-state index contributed by atoms with van der Waals surface area (Å²) in [5.74, 6) is 0.